The van der Waals surface area contributed by atoms with E-state index in [-0.39, 0.29) is 12.2 Å². The number of aliphatic hydroxyl groups is 1. The van der Waals surface area contributed by atoms with Gasteiger partial charge in [0.1, 0.15) is 0 Å². The van der Waals surface area contributed by atoms with Crippen molar-refractivity contribution >= 4 is 11.8 Å². The maximum absolute atomic E-state index is 12.2. The van der Waals surface area contributed by atoms with Gasteiger partial charge in [0, 0.05) is 20.3 Å². The third-order valence-corrected chi connectivity index (χ3v) is 3.09. The molecule has 1 N–H and O–H groups in total. The molecule has 122 valence electrons. The molecule has 1 aromatic carbocycles. The molecule has 0 aliphatic rings. The van der Waals surface area contributed by atoms with Crippen LogP contribution in [0.3, 0.4) is 0 Å². The third kappa shape index (κ3) is 4.94. The minimum Gasteiger partial charge on any atom is -0.464 e. The van der Waals surface area contributed by atoms with Crippen molar-refractivity contribution in [1.82, 2.24) is 4.90 Å². The van der Waals surface area contributed by atoms with Gasteiger partial charge in [-0.1, -0.05) is 12.1 Å². The van der Waals surface area contributed by atoms with Crippen molar-refractivity contribution in [3.63, 3.8) is 0 Å². The number of ether oxygens (including phenoxy) is 1. The summed E-state index contributed by atoms with van der Waals surface area (Å²) in [6, 6.07) is 7.78. The van der Waals surface area contributed by atoms with E-state index in [4.69, 9.17) is 10.00 Å². The van der Waals surface area contributed by atoms with E-state index in [9.17, 15) is 14.7 Å². The highest BCUT2D eigenvalue weighted by atomic mass is 16.5. The van der Waals surface area contributed by atoms with Gasteiger partial charge in [-0.15, -0.1) is 0 Å². The zero-order valence-corrected chi connectivity index (χ0v) is 13.4. The molecule has 0 spiro atoms. The van der Waals surface area contributed by atoms with Crippen LogP contribution in [0.25, 0.3) is 0 Å². The number of hydrogen-bond donors (Lipinski definition) is 1. The molecule has 0 aliphatic heterocycles. The van der Waals surface area contributed by atoms with Gasteiger partial charge < -0.3 is 14.7 Å². The van der Waals surface area contributed by atoms with E-state index >= 15 is 0 Å². The smallest absolute Gasteiger partial charge is 0.343 e. The Morgan fingerprint density at radius 1 is 1.35 bits per heavy atom. The standard InChI is InChI=1S/C17H20N2O4/c1-4-23-16(21)17(22,11-15(20)9-10-19(2)3)14-7-5-13(12-18)6-8-14/h5-10,22H,4,11H2,1-3H3/b10-9+. The first-order valence-corrected chi connectivity index (χ1v) is 7.11. The minimum absolute atomic E-state index is 0.0825. The van der Waals surface area contributed by atoms with E-state index in [0.29, 0.717) is 5.56 Å². The van der Waals surface area contributed by atoms with E-state index in [0.717, 1.165) is 0 Å². The Kier molecular flexibility index (Phi) is 6.49. The van der Waals surface area contributed by atoms with Crippen molar-refractivity contribution in [2.24, 2.45) is 0 Å². The molecule has 0 saturated heterocycles. The van der Waals surface area contributed by atoms with Crippen LogP contribution in [0.1, 0.15) is 24.5 Å². The molecule has 23 heavy (non-hydrogen) atoms. The van der Waals surface area contributed by atoms with Crippen LogP contribution in [0, 0.1) is 11.3 Å². The summed E-state index contributed by atoms with van der Waals surface area (Å²) in [5, 5.41) is 19.6. The molecule has 1 rings (SSSR count). The van der Waals surface area contributed by atoms with Crippen molar-refractivity contribution in [2.75, 3.05) is 20.7 Å². The number of nitrogens with zero attached hydrogens (tertiary/aromatic N) is 2. The van der Waals surface area contributed by atoms with E-state index in [1.54, 1.807) is 25.9 Å². The molecule has 1 unspecified atom stereocenters. The Hall–Kier alpha value is -2.65. The lowest BCUT2D eigenvalue weighted by atomic mass is 9.88. The summed E-state index contributed by atoms with van der Waals surface area (Å²) in [6.07, 6.45) is 2.38. The maximum atomic E-state index is 12.2. The number of carbonyl (C=O) groups is 2. The Labute approximate surface area is 135 Å². The van der Waals surface area contributed by atoms with E-state index in [1.807, 2.05) is 6.07 Å². The molecule has 6 heteroatoms. The van der Waals surface area contributed by atoms with Crippen LogP contribution in [0.5, 0.6) is 0 Å². The summed E-state index contributed by atoms with van der Waals surface area (Å²) in [5.41, 5.74) is -1.49. The fourth-order valence-electron chi connectivity index (χ4n) is 1.91. The summed E-state index contributed by atoms with van der Waals surface area (Å²) in [6.45, 7) is 1.70. The second kappa shape index (κ2) is 8.11. The molecule has 1 atom stereocenters. The average Bonchev–Trinajstić information content (AvgIpc) is 2.53. The highest BCUT2D eigenvalue weighted by molar-refractivity contribution is 5.95. The van der Waals surface area contributed by atoms with Crippen LogP contribution in [0.4, 0.5) is 0 Å². The zero-order valence-electron chi connectivity index (χ0n) is 13.4. The largest absolute Gasteiger partial charge is 0.464 e. The molecule has 0 saturated carbocycles. The first-order chi connectivity index (χ1) is 10.8. The van der Waals surface area contributed by atoms with Crippen molar-refractivity contribution in [2.45, 2.75) is 18.9 Å². The SMILES string of the molecule is CCOC(=O)C(O)(CC(=O)/C=C/N(C)C)c1ccc(C#N)cc1. The number of carbonyl (C=O) groups excluding carboxylic acids is 2. The van der Waals surface area contributed by atoms with Gasteiger partial charge in [-0.3, -0.25) is 4.79 Å². The number of ketones is 1. The highest BCUT2D eigenvalue weighted by Gasteiger charge is 2.41. The lowest BCUT2D eigenvalue weighted by Crippen LogP contribution is -2.39. The minimum atomic E-state index is -2.09. The second-order valence-corrected chi connectivity index (χ2v) is 5.19. The highest BCUT2D eigenvalue weighted by Crippen LogP contribution is 2.28. The number of esters is 1. The van der Waals surface area contributed by atoms with Crippen molar-refractivity contribution in [3.8, 4) is 6.07 Å². The van der Waals surface area contributed by atoms with Crippen LogP contribution < -0.4 is 0 Å². The Bertz CT molecular complexity index is 629. The van der Waals surface area contributed by atoms with Crippen molar-refractivity contribution < 1.29 is 19.4 Å². The molecule has 6 nitrogen and oxygen atoms in total. The molecule has 0 radical (unpaired) electrons. The lowest BCUT2D eigenvalue weighted by molar-refractivity contribution is -0.168. The number of hydrogen-bond acceptors (Lipinski definition) is 6. The molecular formula is C17H20N2O4. The summed E-state index contributed by atoms with van der Waals surface area (Å²) in [7, 11) is 3.50. The topological polar surface area (TPSA) is 90.6 Å². The van der Waals surface area contributed by atoms with E-state index in [1.165, 1.54) is 36.5 Å². The van der Waals surface area contributed by atoms with E-state index in [2.05, 4.69) is 0 Å². The monoisotopic (exact) mass is 316 g/mol. The summed E-state index contributed by atoms with van der Waals surface area (Å²) >= 11 is 0. The lowest BCUT2D eigenvalue weighted by Gasteiger charge is -2.25. The molecule has 0 bridgehead atoms. The van der Waals surface area contributed by atoms with Crippen LogP contribution in [-0.4, -0.2) is 42.5 Å². The molecule has 0 aromatic heterocycles. The molecule has 0 fully saturated rings. The predicted octanol–water partition coefficient (Wildman–Crippen LogP) is 1.34. The van der Waals surface area contributed by atoms with Gasteiger partial charge in [-0.25, -0.2) is 4.79 Å². The van der Waals surface area contributed by atoms with Crippen molar-refractivity contribution in [1.29, 1.82) is 5.26 Å². The molecular weight excluding hydrogens is 296 g/mol. The van der Waals surface area contributed by atoms with Gasteiger partial charge in [0.25, 0.3) is 0 Å². The number of benzene rings is 1. The summed E-state index contributed by atoms with van der Waals surface area (Å²) < 4.78 is 4.90. The fourth-order valence-corrected chi connectivity index (χ4v) is 1.91. The summed E-state index contributed by atoms with van der Waals surface area (Å²) in [4.78, 5) is 25.9. The third-order valence-electron chi connectivity index (χ3n) is 3.09. The Morgan fingerprint density at radius 2 is 1.96 bits per heavy atom. The van der Waals surface area contributed by atoms with Gasteiger partial charge in [-0.05, 0) is 30.7 Å². The van der Waals surface area contributed by atoms with Crippen LogP contribution >= 0.6 is 0 Å². The predicted molar refractivity (Wildman–Crippen MR) is 84.1 cm³/mol. The first kappa shape index (κ1) is 18.4. The second-order valence-electron chi connectivity index (χ2n) is 5.19. The number of rotatable bonds is 7. The molecule has 0 heterocycles. The Morgan fingerprint density at radius 3 is 2.43 bits per heavy atom. The number of nitriles is 1. The zero-order chi connectivity index (χ0) is 17.5. The van der Waals surface area contributed by atoms with Gasteiger partial charge in [0.2, 0.25) is 0 Å². The molecule has 0 amide bonds. The van der Waals surface area contributed by atoms with Crippen LogP contribution in [0.2, 0.25) is 0 Å². The maximum Gasteiger partial charge on any atom is 0.343 e. The average molecular weight is 316 g/mol. The van der Waals surface area contributed by atoms with Gasteiger partial charge in [0.15, 0.2) is 11.4 Å². The van der Waals surface area contributed by atoms with Gasteiger partial charge in [-0.2, -0.15) is 5.26 Å². The number of allylic oxidation sites excluding steroid dienone is 1. The van der Waals surface area contributed by atoms with Crippen LogP contribution in [-0.2, 0) is 19.9 Å². The van der Waals surface area contributed by atoms with Gasteiger partial charge >= 0.3 is 5.97 Å². The molecule has 1 aromatic rings. The fraction of sp³-hybridized carbons (Fsp3) is 0.353. The Balaban J connectivity index is 3.14. The summed E-state index contributed by atoms with van der Waals surface area (Å²) in [5.74, 6) is -1.31. The van der Waals surface area contributed by atoms with Crippen molar-refractivity contribution in [3.05, 3.63) is 47.7 Å². The first-order valence-electron chi connectivity index (χ1n) is 7.11. The quantitative estimate of drug-likeness (QED) is 0.603. The van der Waals surface area contributed by atoms with Crippen LogP contribution in [0.15, 0.2) is 36.5 Å². The normalized spacial score (nSPS) is 13.2. The molecule has 0 aliphatic carbocycles. The van der Waals surface area contributed by atoms with E-state index < -0.39 is 23.8 Å². The van der Waals surface area contributed by atoms with Gasteiger partial charge in [0.05, 0.1) is 24.7 Å².